The molecule has 1 aromatic carbocycles. The number of methoxy groups -OCH3 is 1. The van der Waals surface area contributed by atoms with Gasteiger partial charge in [-0.2, -0.15) is 0 Å². The van der Waals surface area contributed by atoms with Crippen LogP contribution in [0.5, 0.6) is 0 Å². The van der Waals surface area contributed by atoms with Gasteiger partial charge in [-0.3, -0.25) is 9.69 Å². The Kier molecular flexibility index (Phi) is 4.70. The summed E-state index contributed by atoms with van der Waals surface area (Å²) in [4.78, 5) is 26.8. The second-order valence-electron chi connectivity index (χ2n) is 5.46. The van der Waals surface area contributed by atoms with Gasteiger partial charge in [-0.25, -0.2) is 4.79 Å². The minimum absolute atomic E-state index is 0.00603. The van der Waals surface area contributed by atoms with Crippen LogP contribution >= 0.6 is 12.2 Å². The first-order valence-electron chi connectivity index (χ1n) is 7.48. The summed E-state index contributed by atoms with van der Waals surface area (Å²) in [5, 5.41) is 5.90. The highest BCUT2D eigenvalue weighted by Crippen LogP contribution is 2.25. The van der Waals surface area contributed by atoms with Crippen molar-refractivity contribution in [3.63, 3.8) is 0 Å². The van der Waals surface area contributed by atoms with Crippen molar-refractivity contribution < 1.29 is 19.1 Å². The van der Waals surface area contributed by atoms with Crippen molar-refractivity contribution in [3.8, 4) is 0 Å². The van der Waals surface area contributed by atoms with Gasteiger partial charge < -0.3 is 25.0 Å². The summed E-state index contributed by atoms with van der Waals surface area (Å²) in [6.45, 7) is 1.67. The zero-order valence-corrected chi connectivity index (χ0v) is 14.0. The minimum atomic E-state index is -0.393. The standard InChI is InChI=1S/C15H18N4O4S/c1-22-14(24)16-6-12-7-19(15(21)23-12)11-4-2-10(3-5-11)18-8-13(20)17-9-18/h2-5,12H,6-9H2,1H3,(H,16,24)(H,17,20)/t12-/m0/s1. The van der Waals surface area contributed by atoms with Crippen LogP contribution < -0.4 is 20.4 Å². The number of hydrogen-bond donors (Lipinski definition) is 2. The Labute approximate surface area is 144 Å². The van der Waals surface area contributed by atoms with Crippen LogP contribution in [-0.4, -0.2) is 56.7 Å². The van der Waals surface area contributed by atoms with Crippen molar-refractivity contribution in [3.05, 3.63) is 24.3 Å². The summed E-state index contributed by atoms with van der Waals surface area (Å²) in [5.41, 5.74) is 1.67. The van der Waals surface area contributed by atoms with Gasteiger partial charge in [0.1, 0.15) is 6.10 Å². The van der Waals surface area contributed by atoms with Gasteiger partial charge in [-0.1, -0.05) is 0 Å². The Morgan fingerprint density at radius 2 is 2.08 bits per heavy atom. The number of amides is 2. The molecule has 2 aliphatic heterocycles. The molecule has 0 spiro atoms. The molecule has 2 N–H and O–H groups in total. The van der Waals surface area contributed by atoms with Crippen molar-refractivity contribution in [2.45, 2.75) is 6.10 Å². The van der Waals surface area contributed by atoms with Crippen LogP contribution in [0.3, 0.4) is 0 Å². The van der Waals surface area contributed by atoms with Crippen molar-refractivity contribution >= 4 is 40.8 Å². The van der Waals surface area contributed by atoms with E-state index in [9.17, 15) is 9.59 Å². The average Bonchev–Trinajstić information content (AvgIpc) is 3.18. The molecule has 0 saturated carbocycles. The summed E-state index contributed by atoms with van der Waals surface area (Å²) in [6, 6.07) is 7.45. The number of rotatable bonds is 4. The Bertz CT molecular complexity index is 651. The van der Waals surface area contributed by atoms with Gasteiger partial charge in [-0.15, -0.1) is 0 Å². The molecule has 9 heteroatoms. The molecule has 0 unspecified atom stereocenters. The molecule has 2 fully saturated rings. The predicted octanol–water partition coefficient (Wildman–Crippen LogP) is 0.426. The van der Waals surface area contributed by atoms with E-state index in [1.165, 1.54) is 7.11 Å². The first-order chi connectivity index (χ1) is 11.6. The largest absolute Gasteiger partial charge is 0.474 e. The lowest BCUT2D eigenvalue weighted by Gasteiger charge is -2.18. The Balaban J connectivity index is 1.61. The summed E-state index contributed by atoms with van der Waals surface area (Å²) < 4.78 is 10.2. The van der Waals surface area contributed by atoms with E-state index in [-0.39, 0.29) is 17.2 Å². The number of benzene rings is 1. The van der Waals surface area contributed by atoms with Gasteiger partial charge in [0.25, 0.3) is 5.17 Å². The quantitative estimate of drug-likeness (QED) is 0.762. The molecule has 0 aromatic heterocycles. The fraction of sp³-hybridized carbons (Fsp3) is 0.400. The highest BCUT2D eigenvalue weighted by molar-refractivity contribution is 7.80. The number of hydrogen-bond acceptors (Lipinski definition) is 6. The van der Waals surface area contributed by atoms with Crippen LogP contribution in [0, 0.1) is 0 Å². The molecule has 2 aliphatic rings. The number of nitrogens with zero attached hydrogens (tertiary/aromatic N) is 2. The Morgan fingerprint density at radius 3 is 2.71 bits per heavy atom. The maximum absolute atomic E-state index is 12.0. The zero-order valence-electron chi connectivity index (χ0n) is 13.2. The maximum Gasteiger partial charge on any atom is 0.414 e. The molecule has 1 atom stereocenters. The number of carbonyl (C=O) groups excluding carboxylic acids is 2. The van der Waals surface area contributed by atoms with E-state index in [4.69, 9.17) is 21.7 Å². The molecule has 128 valence electrons. The first kappa shape index (κ1) is 16.3. The number of cyclic esters (lactones) is 1. The second-order valence-corrected chi connectivity index (χ2v) is 5.83. The van der Waals surface area contributed by atoms with Crippen LogP contribution in [0.4, 0.5) is 16.2 Å². The molecule has 24 heavy (non-hydrogen) atoms. The van der Waals surface area contributed by atoms with E-state index in [0.717, 1.165) is 11.4 Å². The van der Waals surface area contributed by atoms with Crippen LogP contribution in [0.25, 0.3) is 0 Å². The number of thiocarbonyl (C=S) groups is 1. The first-order valence-corrected chi connectivity index (χ1v) is 7.89. The van der Waals surface area contributed by atoms with E-state index in [1.54, 1.807) is 4.90 Å². The predicted molar refractivity (Wildman–Crippen MR) is 92.0 cm³/mol. The molecule has 8 nitrogen and oxygen atoms in total. The fourth-order valence-electron chi connectivity index (χ4n) is 2.60. The van der Waals surface area contributed by atoms with E-state index < -0.39 is 6.09 Å². The van der Waals surface area contributed by atoms with Crippen LogP contribution in [-0.2, 0) is 14.3 Å². The molecule has 0 aliphatic carbocycles. The molecule has 2 heterocycles. The third-order valence-electron chi connectivity index (χ3n) is 3.86. The third-order valence-corrected chi connectivity index (χ3v) is 4.17. The Morgan fingerprint density at radius 1 is 1.38 bits per heavy atom. The zero-order chi connectivity index (χ0) is 17.1. The Hall–Kier alpha value is -2.55. The summed E-state index contributed by atoms with van der Waals surface area (Å²) >= 11 is 4.90. The molecule has 2 amide bonds. The van der Waals surface area contributed by atoms with E-state index in [0.29, 0.717) is 26.3 Å². The molecule has 2 saturated heterocycles. The molecule has 0 bridgehead atoms. The summed E-state index contributed by atoms with van der Waals surface area (Å²) in [5.74, 6) is 0.00603. The number of anilines is 2. The highest BCUT2D eigenvalue weighted by atomic mass is 32.1. The number of nitrogens with one attached hydrogen (secondary N) is 2. The van der Waals surface area contributed by atoms with E-state index in [2.05, 4.69) is 10.6 Å². The van der Waals surface area contributed by atoms with Crippen molar-refractivity contribution in [1.29, 1.82) is 0 Å². The maximum atomic E-state index is 12.0. The SMILES string of the molecule is COC(=S)NC[C@H]1CN(c2ccc(N3CNC(=O)C3)cc2)C(=O)O1. The monoisotopic (exact) mass is 350 g/mol. The second kappa shape index (κ2) is 6.91. The smallest absolute Gasteiger partial charge is 0.414 e. The fourth-order valence-corrected chi connectivity index (χ4v) is 2.69. The lowest BCUT2D eigenvalue weighted by Crippen LogP contribution is -2.34. The molecule has 1 aromatic rings. The van der Waals surface area contributed by atoms with Crippen molar-refractivity contribution in [1.82, 2.24) is 10.6 Å². The number of carbonyl (C=O) groups is 2. The van der Waals surface area contributed by atoms with Crippen LogP contribution in [0.15, 0.2) is 24.3 Å². The summed E-state index contributed by atoms with van der Waals surface area (Å²) in [6.07, 6.45) is -0.693. The van der Waals surface area contributed by atoms with Crippen molar-refractivity contribution in [2.24, 2.45) is 0 Å². The van der Waals surface area contributed by atoms with Gasteiger partial charge in [0, 0.05) is 11.4 Å². The molecular weight excluding hydrogens is 332 g/mol. The van der Waals surface area contributed by atoms with Crippen LogP contribution in [0.1, 0.15) is 0 Å². The topological polar surface area (TPSA) is 83.1 Å². The van der Waals surface area contributed by atoms with Gasteiger partial charge >= 0.3 is 6.09 Å². The molecular formula is C15H18N4O4S. The molecule has 3 rings (SSSR count). The highest BCUT2D eigenvalue weighted by Gasteiger charge is 2.32. The van der Waals surface area contributed by atoms with Gasteiger partial charge in [0.2, 0.25) is 5.91 Å². The van der Waals surface area contributed by atoms with Crippen LogP contribution in [0.2, 0.25) is 0 Å². The van der Waals surface area contributed by atoms with E-state index in [1.807, 2.05) is 29.2 Å². The third kappa shape index (κ3) is 3.51. The van der Waals surface area contributed by atoms with Gasteiger partial charge in [0.15, 0.2) is 0 Å². The molecule has 0 radical (unpaired) electrons. The van der Waals surface area contributed by atoms with Gasteiger partial charge in [-0.05, 0) is 36.5 Å². The average molecular weight is 350 g/mol. The van der Waals surface area contributed by atoms with Gasteiger partial charge in [0.05, 0.1) is 33.4 Å². The normalized spacial score (nSPS) is 20.0. The van der Waals surface area contributed by atoms with E-state index >= 15 is 0 Å². The lowest BCUT2D eigenvalue weighted by atomic mass is 10.2. The minimum Gasteiger partial charge on any atom is -0.474 e. The lowest BCUT2D eigenvalue weighted by molar-refractivity contribution is -0.118. The van der Waals surface area contributed by atoms with Crippen molar-refractivity contribution in [2.75, 3.05) is 43.2 Å². The summed E-state index contributed by atoms with van der Waals surface area (Å²) in [7, 11) is 1.48. The number of ether oxygens (including phenoxy) is 2.